The van der Waals surface area contributed by atoms with Gasteiger partial charge >= 0.3 is 0 Å². The normalized spacial score (nSPS) is 17.0. The molecule has 1 atom stereocenters. The molecule has 1 fully saturated rings. The lowest BCUT2D eigenvalue weighted by atomic mass is 10.0. The zero-order valence-electron chi connectivity index (χ0n) is 14.4. The number of amides is 2. The van der Waals surface area contributed by atoms with Crippen molar-refractivity contribution in [1.29, 1.82) is 0 Å². The Morgan fingerprint density at radius 3 is 2.56 bits per heavy atom. The van der Waals surface area contributed by atoms with E-state index in [4.69, 9.17) is 0 Å². The van der Waals surface area contributed by atoms with Crippen molar-refractivity contribution >= 4 is 11.8 Å². The Morgan fingerprint density at radius 2 is 1.88 bits per heavy atom. The molecule has 5 heteroatoms. The molecule has 0 aromatic heterocycles. The van der Waals surface area contributed by atoms with Gasteiger partial charge in [-0.1, -0.05) is 30.3 Å². The van der Waals surface area contributed by atoms with E-state index in [1.165, 1.54) is 12.1 Å². The highest BCUT2D eigenvalue weighted by Gasteiger charge is 2.31. The quantitative estimate of drug-likeness (QED) is 0.930. The zero-order valence-corrected chi connectivity index (χ0v) is 14.4. The molecule has 1 aliphatic heterocycles. The number of nitrogens with zero attached hydrogens (tertiary/aromatic N) is 1. The second-order valence-corrected chi connectivity index (χ2v) is 6.55. The fraction of sp³-hybridized carbons (Fsp3) is 0.300. The largest absolute Gasteiger partial charge is 0.347 e. The van der Waals surface area contributed by atoms with E-state index in [0.29, 0.717) is 18.7 Å². The van der Waals surface area contributed by atoms with Crippen LogP contribution in [0.1, 0.15) is 33.5 Å². The monoisotopic (exact) mass is 340 g/mol. The number of aryl methyl sites for hydroxylation is 2. The van der Waals surface area contributed by atoms with Crippen LogP contribution in [0.25, 0.3) is 0 Å². The van der Waals surface area contributed by atoms with Crippen LogP contribution in [-0.2, 0) is 11.3 Å². The number of nitrogens with one attached hydrogen (secondary N) is 1. The van der Waals surface area contributed by atoms with Gasteiger partial charge in [-0.25, -0.2) is 4.39 Å². The highest BCUT2D eigenvalue weighted by molar-refractivity contribution is 5.97. The third-order valence-electron chi connectivity index (χ3n) is 4.52. The van der Waals surface area contributed by atoms with Gasteiger partial charge in [-0.2, -0.15) is 0 Å². The smallest absolute Gasteiger partial charge is 0.252 e. The van der Waals surface area contributed by atoms with Crippen molar-refractivity contribution in [1.82, 2.24) is 10.2 Å². The molecular formula is C20H21FN2O2. The molecule has 130 valence electrons. The standard InChI is InChI=1S/C20H21FN2O2/c1-13-5-3-6-14(2)19(13)20(25)22-17-10-18(24)23(12-17)11-15-7-4-8-16(21)9-15/h3-9,17H,10-12H2,1-2H3,(H,22,25)/t17-/m1/s1. The molecule has 2 aromatic rings. The molecule has 0 bridgehead atoms. The first-order valence-electron chi connectivity index (χ1n) is 8.33. The van der Waals surface area contributed by atoms with E-state index in [0.717, 1.165) is 16.7 Å². The van der Waals surface area contributed by atoms with Gasteiger partial charge in [0.25, 0.3) is 5.91 Å². The van der Waals surface area contributed by atoms with E-state index in [2.05, 4.69) is 5.32 Å². The summed E-state index contributed by atoms with van der Waals surface area (Å²) in [6, 6.07) is 11.7. The molecule has 1 heterocycles. The summed E-state index contributed by atoms with van der Waals surface area (Å²) < 4.78 is 13.3. The van der Waals surface area contributed by atoms with Crippen molar-refractivity contribution in [2.24, 2.45) is 0 Å². The maximum Gasteiger partial charge on any atom is 0.252 e. The summed E-state index contributed by atoms with van der Waals surface area (Å²) in [5.74, 6) is -0.499. The van der Waals surface area contributed by atoms with E-state index in [1.807, 2.05) is 32.0 Å². The third kappa shape index (κ3) is 3.87. The minimum absolute atomic E-state index is 0.0314. The number of carbonyl (C=O) groups is 2. The van der Waals surface area contributed by atoms with Crippen LogP contribution in [0.3, 0.4) is 0 Å². The summed E-state index contributed by atoms with van der Waals surface area (Å²) in [5, 5.41) is 2.96. The van der Waals surface area contributed by atoms with Crippen molar-refractivity contribution < 1.29 is 14.0 Å². The van der Waals surface area contributed by atoms with Gasteiger partial charge in [-0.15, -0.1) is 0 Å². The Morgan fingerprint density at radius 1 is 1.20 bits per heavy atom. The maximum atomic E-state index is 13.3. The first-order chi connectivity index (χ1) is 11.9. The molecule has 25 heavy (non-hydrogen) atoms. The van der Waals surface area contributed by atoms with Crippen molar-refractivity contribution in [3.8, 4) is 0 Å². The molecule has 4 nitrogen and oxygen atoms in total. The lowest BCUT2D eigenvalue weighted by molar-refractivity contribution is -0.128. The predicted molar refractivity (Wildman–Crippen MR) is 93.6 cm³/mol. The molecule has 2 aromatic carbocycles. The van der Waals surface area contributed by atoms with Crippen molar-refractivity contribution in [2.75, 3.05) is 6.54 Å². The average molecular weight is 340 g/mol. The fourth-order valence-electron chi connectivity index (χ4n) is 3.31. The fourth-order valence-corrected chi connectivity index (χ4v) is 3.31. The lowest BCUT2D eigenvalue weighted by Crippen LogP contribution is -2.37. The van der Waals surface area contributed by atoms with Gasteiger partial charge in [-0.05, 0) is 42.7 Å². The number of hydrogen-bond donors (Lipinski definition) is 1. The average Bonchev–Trinajstić information content (AvgIpc) is 2.86. The minimum Gasteiger partial charge on any atom is -0.347 e. The topological polar surface area (TPSA) is 49.4 Å². The van der Waals surface area contributed by atoms with Crippen molar-refractivity contribution in [3.63, 3.8) is 0 Å². The Labute approximate surface area is 146 Å². The highest BCUT2D eigenvalue weighted by atomic mass is 19.1. The van der Waals surface area contributed by atoms with Crippen molar-refractivity contribution in [2.45, 2.75) is 32.9 Å². The zero-order chi connectivity index (χ0) is 18.0. The number of likely N-dealkylation sites (tertiary alicyclic amines) is 1. The number of halogens is 1. The van der Waals surface area contributed by atoms with Crippen LogP contribution in [0.2, 0.25) is 0 Å². The predicted octanol–water partition coefficient (Wildman–Crippen LogP) is 2.97. The van der Waals surface area contributed by atoms with Crippen LogP contribution in [0.15, 0.2) is 42.5 Å². The Hall–Kier alpha value is -2.69. The number of benzene rings is 2. The second kappa shape index (κ2) is 7.05. The van der Waals surface area contributed by atoms with Crippen LogP contribution in [0.4, 0.5) is 4.39 Å². The molecule has 1 N–H and O–H groups in total. The van der Waals surface area contributed by atoms with Crippen molar-refractivity contribution in [3.05, 3.63) is 70.5 Å². The van der Waals surface area contributed by atoms with Crippen LogP contribution in [0, 0.1) is 19.7 Å². The maximum absolute atomic E-state index is 13.3. The summed E-state index contributed by atoms with van der Waals surface area (Å²) in [4.78, 5) is 26.4. The van der Waals surface area contributed by atoms with Gasteiger partial charge in [-0.3, -0.25) is 9.59 Å². The Bertz CT molecular complexity index is 799. The number of rotatable bonds is 4. The van der Waals surface area contributed by atoms with Crippen LogP contribution >= 0.6 is 0 Å². The van der Waals surface area contributed by atoms with Gasteiger partial charge < -0.3 is 10.2 Å². The second-order valence-electron chi connectivity index (χ2n) is 6.55. The van der Waals surface area contributed by atoms with Crippen LogP contribution in [-0.4, -0.2) is 29.3 Å². The number of hydrogen-bond acceptors (Lipinski definition) is 2. The molecule has 0 radical (unpaired) electrons. The molecule has 1 aliphatic rings. The van der Waals surface area contributed by atoms with E-state index in [-0.39, 0.29) is 30.1 Å². The van der Waals surface area contributed by atoms with Crippen LogP contribution in [0.5, 0.6) is 0 Å². The molecule has 0 saturated carbocycles. The highest BCUT2D eigenvalue weighted by Crippen LogP contribution is 2.18. The summed E-state index contributed by atoms with van der Waals surface area (Å²) in [6.45, 7) is 4.59. The summed E-state index contributed by atoms with van der Waals surface area (Å²) >= 11 is 0. The summed E-state index contributed by atoms with van der Waals surface area (Å²) in [7, 11) is 0. The van der Waals surface area contributed by atoms with Gasteiger partial charge in [0.1, 0.15) is 5.82 Å². The Kier molecular flexibility index (Phi) is 4.83. The molecule has 0 spiro atoms. The first kappa shape index (κ1) is 17.1. The van der Waals surface area contributed by atoms with E-state index in [9.17, 15) is 14.0 Å². The molecule has 2 amide bonds. The summed E-state index contributed by atoms with van der Waals surface area (Å²) in [5.41, 5.74) is 3.24. The third-order valence-corrected chi connectivity index (χ3v) is 4.52. The molecule has 0 aliphatic carbocycles. The van der Waals surface area contributed by atoms with Gasteiger partial charge in [0, 0.05) is 25.1 Å². The molecule has 1 saturated heterocycles. The Balaban J connectivity index is 1.65. The summed E-state index contributed by atoms with van der Waals surface area (Å²) in [6.07, 6.45) is 0.270. The van der Waals surface area contributed by atoms with Crippen LogP contribution < -0.4 is 5.32 Å². The minimum atomic E-state index is -0.316. The van der Waals surface area contributed by atoms with E-state index in [1.54, 1.807) is 17.0 Å². The SMILES string of the molecule is Cc1cccc(C)c1C(=O)N[C@@H]1CC(=O)N(Cc2cccc(F)c2)C1. The van der Waals surface area contributed by atoms with E-state index >= 15 is 0 Å². The first-order valence-corrected chi connectivity index (χ1v) is 8.33. The molecule has 0 unspecified atom stereocenters. The van der Waals surface area contributed by atoms with E-state index < -0.39 is 0 Å². The van der Waals surface area contributed by atoms with Gasteiger partial charge in [0.15, 0.2) is 0 Å². The van der Waals surface area contributed by atoms with Gasteiger partial charge in [0.05, 0.1) is 6.04 Å². The lowest BCUT2D eigenvalue weighted by Gasteiger charge is -2.18. The number of carbonyl (C=O) groups excluding carboxylic acids is 2. The molecular weight excluding hydrogens is 319 g/mol. The van der Waals surface area contributed by atoms with Gasteiger partial charge in [0.2, 0.25) is 5.91 Å². The molecule has 3 rings (SSSR count).